The van der Waals surface area contributed by atoms with Crippen LogP contribution in [-0.2, 0) is 31.5 Å². The molecular formula is C34H39N3O5S. The molecule has 1 amide bonds. The summed E-state index contributed by atoms with van der Waals surface area (Å²) in [5.41, 5.74) is 5.17. The van der Waals surface area contributed by atoms with Crippen molar-refractivity contribution in [1.82, 2.24) is 15.2 Å². The maximum Gasteiger partial charge on any atom is 0.271 e. The molecule has 9 heteroatoms. The van der Waals surface area contributed by atoms with Crippen LogP contribution in [0.5, 0.6) is 23.0 Å². The van der Waals surface area contributed by atoms with Crippen LogP contribution in [0.4, 0.5) is 0 Å². The second-order valence-electron chi connectivity index (χ2n) is 11.6. The quantitative estimate of drug-likeness (QED) is 0.202. The Morgan fingerprint density at radius 2 is 1.63 bits per heavy atom. The van der Waals surface area contributed by atoms with Gasteiger partial charge in [0.05, 0.1) is 20.8 Å². The summed E-state index contributed by atoms with van der Waals surface area (Å²) in [6.07, 6.45) is 0.828. The molecule has 3 aromatic carbocycles. The topological polar surface area (TPSA) is 82.2 Å². The van der Waals surface area contributed by atoms with E-state index >= 15 is 0 Å². The maximum absolute atomic E-state index is 12.9. The van der Waals surface area contributed by atoms with Crippen molar-refractivity contribution in [3.63, 3.8) is 0 Å². The van der Waals surface area contributed by atoms with Gasteiger partial charge in [0, 0.05) is 25.0 Å². The number of carbonyl (C=O) groups excluding carboxylic acids is 1. The number of methoxy groups -OCH3 is 2. The monoisotopic (exact) mass is 601 g/mol. The Kier molecular flexibility index (Phi) is 9.52. The molecule has 0 fully saturated rings. The second kappa shape index (κ2) is 13.5. The van der Waals surface area contributed by atoms with Crippen LogP contribution in [-0.4, -0.2) is 43.3 Å². The minimum absolute atomic E-state index is 0.103. The highest BCUT2D eigenvalue weighted by Gasteiger charge is 2.18. The number of benzene rings is 3. The number of nitrogens with zero attached hydrogens (tertiary/aromatic N) is 2. The van der Waals surface area contributed by atoms with E-state index in [2.05, 4.69) is 61.3 Å². The van der Waals surface area contributed by atoms with Crippen molar-refractivity contribution in [1.29, 1.82) is 0 Å². The predicted octanol–water partition coefficient (Wildman–Crippen LogP) is 6.36. The number of carbonyl (C=O) groups is 1. The normalized spacial score (nSPS) is 12.4. The molecule has 0 spiro atoms. The zero-order valence-corrected chi connectivity index (χ0v) is 26.3. The number of fused-ring (bicyclic) bond motifs is 1. The summed E-state index contributed by atoms with van der Waals surface area (Å²) in [7, 11) is 3.30. The molecule has 1 N–H and O–H groups in total. The van der Waals surface area contributed by atoms with Crippen LogP contribution in [0.25, 0.3) is 0 Å². The number of thiazole rings is 1. The number of hydrogen-bond acceptors (Lipinski definition) is 8. The Bertz CT molecular complexity index is 1540. The third-order valence-corrected chi connectivity index (χ3v) is 8.26. The van der Waals surface area contributed by atoms with Gasteiger partial charge in [0.1, 0.15) is 10.7 Å². The average Bonchev–Trinajstić information content (AvgIpc) is 3.68. The molecule has 8 nitrogen and oxygen atoms in total. The van der Waals surface area contributed by atoms with Crippen molar-refractivity contribution in [2.75, 3.05) is 27.6 Å². The first-order valence-corrected chi connectivity index (χ1v) is 15.2. The third-order valence-electron chi connectivity index (χ3n) is 7.42. The van der Waals surface area contributed by atoms with Gasteiger partial charge in [-0.15, -0.1) is 11.3 Å². The van der Waals surface area contributed by atoms with Gasteiger partial charge in [-0.3, -0.25) is 9.69 Å². The van der Waals surface area contributed by atoms with Crippen LogP contribution >= 0.6 is 11.3 Å². The first-order valence-electron chi connectivity index (χ1n) is 14.4. The van der Waals surface area contributed by atoms with E-state index in [1.165, 1.54) is 22.5 Å². The lowest BCUT2D eigenvalue weighted by Gasteiger charge is -2.23. The fourth-order valence-electron chi connectivity index (χ4n) is 4.91. The summed E-state index contributed by atoms with van der Waals surface area (Å²) in [5, 5.41) is 5.69. The van der Waals surface area contributed by atoms with E-state index in [1.54, 1.807) is 14.2 Å². The number of rotatable bonds is 12. The summed E-state index contributed by atoms with van der Waals surface area (Å²) in [5.74, 6) is 2.66. The smallest absolute Gasteiger partial charge is 0.271 e. The molecule has 0 saturated heterocycles. The molecule has 1 aliphatic heterocycles. The van der Waals surface area contributed by atoms with Gasteiger partial charge in [-0.05, 0) is 58.4 Å². The fraction of sp³-hybridized carbons (Fsp3) is 0.353. The minimum Gasteiger partial charge on any atom is -0.493 e. The van der Waals surface area contributed by atoms with E-state index in [1.807, 2.05) is 35.7 Å². The molecule has 0 bridgehead atoms. The first-order chi connectivity index (χ1) is 20.7. The maximum atomic E-state index is 12.9. The van der Waals surface area contributed by atoms with Gasteiger partial charge >= 0.3 is 0 Å². The molecule has 4 aromatic rings. The van der Waals surface area contributed by atoms with E-state index in [4.69, 9.17) is 23.9 Å². The van der Waals surface area contributed by atoms with Crippen LogP contribution < -0.4 is 24.3 Å². The van der Waals surface area contributed by atoms with Gasteiger partial charge in [-0.25, -0.2) is 4.98 Å². The summed E-state index contributed by atoms with van der Waals surface area (Å²) in [6, 6.07) is 20.6. The molecule has 1 aliphatic rings. The summed E-state index contributed by atoms with van der Waals surface area (Å²) in [4.78, 5) is 20.0. The molecule has 0 aliphatic carbocycles. The SMILES string of the molecule is COc1ccc(CCN(Cc2ccc(C(C)(C)C)cc2)Cc2nc(C(=O)NCc3ccc4c(c3)OCO4)cs2)cc1OC. The lowest BCUT2D eigenvalue weighted by atomic mass is 9.87. The summed E-state index contributed by atoms with van der Waals surface area (Å²) in [6.45, 7) is 9.48. The van der Waals surface area contributed by atoms with E-state index in [0.717, 1.165) is 47.1 Å². The fourth-order valence-corrected chi connectivity index (χ4v) is 5.72. The Balaban J connectivity index is 1.25. The number of hydrogen-bond donors (Lipinski definition) is 1. The van der Waals surface area contributed by atoms with Crippen LogP contribution in [0, 0.1) is 0 Å². The number of aromatic nitrogens is 1. The first kappa shape index (κ1) is 30.4. The highest BCUT2D eigenvalue weighted by atomic mass is 32.1. The summed E-state index contributed by atoms with van der Waals surface area (Å²) >= 11 is 1.51. The molecule has 43 heavy (non-hydrogen) atoms. The average molecular weight is 602 g/mol. The Labute approximate surface area is 257 Å². The van der Waals surface area contributed by atoms with Crippen LogP contribution in [0.3, 0.4) is 0 Å². The lowest BCUT2D eigenvalue weighted by molar-refractivity contribution is 0.0946. The molecule has 0 unspecified atom stereocenters. The van der Waals surface area contributed by atoms with Gasteiger partial charge in [0.15, 0.2) is 23.0 Å². The van der Waals surface area contributed by atoms with Crippen molar-refractivity contribution in [2.45, 2.75) is 52.2 Å². The van der Waals surface area contributed by atoms with Crippen molar-refractivity contribution >= 4 is 17.2 Å². The van der Waals surface area contributed by atoms with Crippen LogP contribution in [0.15, 0.2) is 66.0 Å². The molecule has 5 rings (SSSR count). The molecular weight excluding hydrogens is 562 g/mol. The van der Waals surface area contributed by atoms with Gasteiger partial charge in [-0.2, -0.15) is 0 Å². The van der Waals surface area contributed by atoms with Crippen LogP contribution in [0.2, 0.25) is 0 Å². The zero-order chi connectivity index (χ0) is 30.4. The highest BCUT2D eigenvalue weighted by Crippen LogP contribution is 2.32. The molecule has 2 heterocycles. The van der Waals surface area contributed by atoms with E-state index in [-0.39, 0.29) is 18.1 Å². The minimum atomic E-state index is -0.199. The molecule has 0 atom stereocenters. The number of nitrogens with one attached hydrogen (secondary N) is 1. The van der Waals surface area contributed by atoms with Gasteiger partial charge in [-0.1, -0.05) is 57.2 Å². The molecule has 0 radical (unpaired) electrons. The van der Waals surface area contributed by atoms with Crippen molar-refractivity contribution in [3.05, 3.63) is 99.0 Å². The molecule has 0 saturated carbocycles. The third kappa shape index (κ3) is 7.86. The van der Waals surface area contributed by atoms with E-state index in [0.29, 0.717) is 30.3 Å². The largest absolute Gasteiger partial charge is 0.493 e. The summed E-state index contributed by atoms with van der Waals surface area (Å²) < 4.78 is 21.7. The molecule has 226 valence electrons. The molecule has 1 aromatic heterocycles. The van der Waals surface area contributed by atoms with Crippen molar-refractivity contribution < 1.29 is 23.7 Å². The van der Waals surface area contributed by atoms with Gasteiger partial charge in [0.25, 0.3) is 5.91 Å². The zero-order valence-electron chi connectivity index (χ0n) is 25.4. The standard InChI is InChI=1S/C34H39N3O5S/c1-34(2,3)26-10-6-24(7-11-26)19-37(15-14-23-8-12-28(39-4)30(16-23)40-5)20-32-36-27(21-43-32)33(38)35-18-25-9-13-29-31(17-25)42-22-41-29/h6-13,16-17,21H,14-15,18-20,22H2,1-5H3,(H,35,38). The predicted molar refractivity (Wildman–Crippen MR) is 168 cm³/mol. The Morgan fingerprint density at radius 3 is 2.37 bits per heavy atom. The van der Waals surface area contributed by atoms with Crippen molar-refractivity contribution in [2.24, 2.45) is 0 Å². The van der Waals surface area contributed by atoms with E-state index < -0.39 is 0 Å². The van der Waals surface area contributed by atoms with Gasteiger partial charge in [0.2, 0.25) is 6.79 Å². The van der Waals surface area contributed by atoms with E-state index in [9.17, 15) is 4.79 Å². The van der Waals surface area contributed by atoms with Gasteiger partial charge < -0.3 is 24.3 Å². The highest BCUT2D eigenvalue weighted by molar-refractivity contribution is 7.09. The van der Waals surface area contributed by atoms with Crippen LogP contribution in [0.1, 0.15) is 58.5 Å². The Morgan fingerprint density at radius 1 is 0.907 bits per heavy atom. The number of amides is 1. The second-order valence-corrected chi connectivity index (χ2v) is 12.5. The van der Waals surface area contributed by atoms with Crippen molar-refractivity contribution in [3.8, 4) is 23.0 Å². The number of ether oxygens (including phenoxy) is 4. The Hall–Kier alpha value is -4.08. The lowest BCUT2D eigenvalue weighted by Crippen LogP contribution is -2.26.